The highest BCUT2D eigenvalue weighted by Crippen LogP contribution is 2.28. The third-order valence-electron chi connectivity index (χ3n) is 3.75. The number of hydrogen-bond donors (Lipinski definition) is 0. The number of fused-ring (bicyclic) bond motifs is 1. The lowest BCUT2D eigenvalue weighted by atomic mass is 10.1. The molecule has 1 aliphatic carbocycles. The Morgan fingerprint density at radius 3 is 3.00 bits per heavy atom. The fraction of sp³-hybridized carbons (Fsp3) is 0.312. The van der Waals surface area contributed by atoms with Gasteiger partial charge in [-0.2, -0.15) is 0 Å². The Morgan fingerprint density at radius 1 is 1.45 bits per heavy atom. The van der Waals surface area contributed by atoms with Gasteiger partial charge in [-0.05, 0) is 23.8 Å². The Morgan fingerprint density at radius 2 is 2.27 bits per heavy atom. The Balaban J connectivity index is 1.78. The van der Waals surface area contributed by atoms with Crippen molar-refractivity contribution in [1.82, 2.24) is 9.55 Å². The maximum atomic E-state index is 12.3. The molecular weight excluding hydrogens is 284 g/mol. The number of ketones is 1. The average molecular weight is 300 g/mol. The highest BCUT2D eigenvalue weighted by Gasteiger charge is 2.34. The molecule has 0 N–H and O–H groups in total. The average Bonchev–Trinajstić information content (AvgIpc) is 3.12. The molecule has 1 aliphatic rings. The van der Waals surface area contributed by atoms with Crippen LogP contribution < -0.4 is 4.74 Å². The molecule has 0 spiro atoms. The Kier molecular flexibility index (Phi) is 3.66. The Bertz CT molecular complexity index is 735. The van der Waals surface area contributed by atoms with Gasteiger partial charge < -0.3 is 9.47 Å². The van der Waals surface area contributed by atoms with Crippen molar-refractivity contribution in [1.29, 1.82) is 0 Å². The number of Topliss-reactive ketones (excluding diaryl/α,β-unsaturated/α-hetero) is 1. The SMILES string of the molecule is CCc1nccn1C(=O)OC1Cc2cc(OC)ccc2C1=O. The normalized spacial score (nSPS) is 16.5. The second-order valence-electron chi connectivity index (χ2n) is 5.03. The molecule has 6 nitrogen and oxygen atoms in total. The molecule has 1 aromatic carbocycles. The van der Waals surface area contributed by atoms with Crippen LogP contribution in [-0.4, -0.2) is 34.6 Å². The first-order chi connectivity index (χ1) is 10.6. The van der Waals surface area contributed by atoms with Crippen molar-refractivity contribution in [3.8, 4) is 5.75 Å². The monoisotopic (exact) mass is 300 g/mol. The molecule has 22 heavy (non-hydrogen) atoms. The molecule has 1 aromatic heterocycles. The van der Waals surface area contributed by atoms with Crippen LogP contribution >= 0.6 is 0 Å². The van der Waals surface area contributed by atoms with E-state index in [-0.39, 0.29) is 5.78 Å². The highest BCUT2D eigenvalue weighted by atomic mass is 16.6. The van der Waals surface area contributed by atoms with Gasteiger partial charge in [0.2, 0.25) is 5.78 Å². The van der Waals surface area contributed by atoms with Gasteiger partial charge in [0.1, 0.15) is 11.6 Å². The van der Waals surface area contributed by atoms with Crippen molar-refractivity contribution < 1.29 is 19.1 Å². The van der Waals surface area contributed by atoms with E-state index in [2.05, 4.69) is 4.98 Å². The van der Waals surface area contributed by atoms with E-state index in [1.807, 2.05) is 6.92 Å². The zero-order chi connectivity index (χ0) is 15.7. The predicted molar refractivity (Wildman–Crippen MR) is 78.3 cm³/mol. The molecule has 0 fully saturated rings. The number of imidazole rings is 1. The fourth-order valence-corrected chi connectivity index (χ4v) is 2.61. The lowest BCUT2D eigenvalue weighted by Crippen LogP contribution is -2.27. The van der Waals surface area contributed by atoms with Crippen molar-refractivity contribution >= 4 is 11.9 Å². The number of hydrogen-bond acceptors (Lipinski definition) is 5. The minimum absolute atomic E-state index is 0.177. The van der Waals surface area contributed by atoms with Crippen LogP contribution in [0.15, 0.2) is 30.6 Å². The molecule has 0 radical (unpaired) electrons. The van der Waals surface area contributed by atoms with Crippen LogP contribution in [0.4, 0.5) is 4.79 Å². The molecule has 1 unspecified atom stereocenters. The van der Waals surface area contributed by atoms with E-state index in [9.17, 15) is 9.59 Å². The molecular formula is C16H16N2O4. The van der Waals surface area contributed by atoms with Gasteiger partial charge in [-0.25, -0.2) is 14.3 Å². The van der Waals surface area contributed by atoms with Gasteiger partial charge in [0.15, 0.2) is 6.10 Å². The number of methoxy groups -OCH3 is 1. The summed E-state index contributed by atoms with van der Waals surface area (Å²) in [5.41, 5.74) is 1.42. The number of aryl methyl sites for hydroxylation is 1. The third-order valence-corrected chi connectivity index (χ3v) is 3.75. The van der Waals surface area contributed by atoms with E-state index >= 15 is 0 Å². The van der Waals surface area contributed by atoms with E-state index in [0.717, 1.165) is 5.56 Å². The zero-order valence-electron chi connectivity index (χ0n) is 12.4. The highest BCUT2D eigenvalue weighted by molar-refractivity contribution is 6.04. The van der Waals surface area contributed by atoms with Crippen LogP contribution in [0.2, 0.25) is 0 Å². The maximum absolute atomic E-state index is 12.3. The van der Waals surface area contributed by atoms with E-state index in [1.165, 1.54) is 17.0 Å². The number of benzene rings is 1. The number of carbonyl (C=O) groups is 2. The zero-order valence-corrected chi connectivity index (χ0v) is 12.4. The summed E-state index contributed by atoms with van der Waals surface area (Å²) >= 11 is 0. The summed E-state index contributed by atoms with van der Waals surface area (Å²) in [5.74, 6) is 1.11. The first kappa shape index (κ1) is 14.3. The van der Waals surface area contributed by atoms with Crippen LogP contribution in [0.5, 0.6) is 5.75 Å². The fourth-order valence-electron chi connectivity index (χ4n) is 2.61. The van der Waals surface area contributed by atoms with Crippen molar-refractivity contribution in [3.05, 3.63) is 47.5 Å². The van der Waals surface area contributed by atoms with Gasteiger partial charge in [-0.15, -0.1) is 0 Å². The van der Waals surface area contributed by atoms with Crippen molar-refractivity contribution in [2.24, 2.45) is 0 Å². The lowest BCUT2D eigenvalue weighted by Gasteiger charge is -2.11. The lowest BCUT2D eigenvalue weighted by molar-refractivity contribution is 0.0667. The molecule has 0 amide bonds. The van der Waals surface area contributed by atoms with Gasteiger partial charge in [0.25, 0.3) is 0 Å². The topological polar surface area (TPSA) is 70.4 Å². The summed E-state index contributed by atoms with van der Waals surface area (Å²) in [6.07, 6.45) is 2.69. The molecule has 1 atom stereocenters. The van der Waals surface area contributed by atoms with Crippen LogP contribution in [0.25, 0.3) is 0 Å². The van der Waals surface area contributed by atoms with Crippen LogP contribution in [0.3, 0.4) is 0 Å². The van der Waals surface area contributed by atoms with Crippen molar-refractivity contribution in [2.45, 2.75) is 25.9 Å². The number of nitrogens with zero attached hydrogens (tertiary/aromatic N) is 2. The smallest absolute Gasteiger partial charge is 0.420 e. The summed E-state index contributed by atoms with van der Waals surface area (Å²) in [6, 6.07) is 5.24. The third kappa shape index (κ3) is 2.36. The molecule has 6 heteroatoms. The minimum atomic E-state index is -0.790. The van der Waals surface area contributed by atoms with E-state index < -0.39 is 12.2 Å². The van der Waals surface area contributed by atoms with Gasteiger partial charge in [-0.1, -0.05) is 6.92 Å². The molecule has 0 saturated carbocycles. The van der Waals surface area contributed by atoms with E-state index in [4.69, 9.17) is 9.47 Å². The minimum Gasteiger partial charge on any atom is -0.497 e. The Hall–Kier alpha value is -2.63. The first-order valence-corrected chi connectivity index (χ1v) is 7.08. The molecule has 0 saturated heterocycles. The molecule has 1 heterocycles. The number of aromatic nitrogens is 2. The van der Waals surface area contributed by atoms with Crippen molar-refractivity contribution in [2.75, 3.05) is 7.11 Å². The number of carbonyl (C=O) groups excluding carboxylic acids is 2. The molecule has 0 bridgehead atoms. The van der Waals surface area contributed by atoms with Crippen LogP contribution in [0.1, 0.15) is 28.7 Å². The second kappa shape index (κ2) is 5.63. The number of ether oxygens (including phenoxy) is 2. The molecule has 114 valence electrons. The maximum Gasteiger partial charge on any atom is 0.420 e. The predicted octanol–water partition coefficient (Wildman–Crippen LogP) is 2.25. The van der Waals surface area contributed by atoms with Gasteiger partial charge in [0, 0.05) is 30.8 Å². The Labute approximate surface area is 127 Å². The summed E-state index contributed by atoms with van der Waals surface area (Å²) in [4.78, 5) is 28.6. The van der Waals surface area contributed by atoms with Gasteiger partial charge >= 0.3 is 6.09 Å². The molecule has 3 rings (SSSR count). The largest absolute Gasteiger partial charge is 0.497 e. The van der Waals surface area contributed by atoms with E-state index in [1.54, 1.807) is 25.3 Å². The van der Waals surface area contributed by atoms with Crippen LogP contribution in [0, 0.1) is 0 Å². The summed E-state index contributed by atoms with van der Waals surface area (Å²) in [7, 11) is 1.57. The first-order valence-electron chi connectivity index (χ1n) is 7.08. The number of rotatable bonds is 3. The van der Waals surface area contributed by atoms with Gasteiger partial charge in [0.05, 0.1) is 7.11 Å². The standard InChI is InChI=1S/C16H16N2O4/c1-3-14-17-6-7-18(14)16(20)22-13-9-10-8-11(21-2)4-5-12(10)15(13)19/h4-8,13H,3,9H2,1-2H3. The van der Waals surface area contributed by atoms with Crippen LogP contribution in [-0.2, 0) is 17.6 Å². The summed E-state index contributed by atoms with van der Waals surface area (Å²) in [5, 5.41) is 0. The molecule has 2 aromatic rings. The van der Waals surface area contributed by atoms with Crippen molar-refractivity contribution in [3.63, 3.8) is 0 Å². The quantitative estimate of drug-likeness (QED) is 0.869. The summed E-state index contributed by atoms with van der Waals surface area (Å²) < 4.78 is 11.8. The summed E-state index contributed by atoms with van der Waals surface area (Å²) in [6.45, 7) is 1.90. The molecule has 0 aliphatic heterocycles. The second-order valence-corrected chi connectivity index (χ2v) is 5.03. The van der Waals surface area contributed by atoms with E-state index in [0.29, 0.717) is 30.0 Å². The van der Waals surface area contributed by atoms with Gasteiger partial charge in [-0.3, -0.25) is 4.79 Å².